The summed E-state index contributed by atoms with van der Waals surface area (Å²) in [5, 5.41) is 0. The summed E-state index contributed by atoms with van der Waals surface area (Å²) in [4.78, 5) is 17.0. The SMILES string of the molecule is O=C(C1=CCCCO1)C1CN2CCN1CC2. The van der Waals surface area contributed by atoms with Crippen molar-refractivity contribution in [1.82, 2.24) is 9.80 Å². The highest BCUT2D eigenvalue weighted by molar-refractivity contribution is 5.98. The summed E-state index contributed by atoms with van der Waals surface area (Å²) < 4.78 is 5.47. The molecule has 0 aliphatic carbocycles. The molecule has 0 spiro atoms. The first-order chi connectivity index (χ1) is 7.84. The highest BCUT2D eigenvalue weighted by Gasteiger charge is 2.38. The van der Waals surface area contributed by atoms with E-state index in [4.69, 9.17) is 4.74 Å². The minimum Gasteiger partial charge on any atom is -0.490 e. The second-order valence-electron chi connectivity index (χ2n) is 4.78. The van der Waals surface area contributed by atoms with Crippen molar-refractivity contribution in [3.63, 3.8) is 0 Å². The predicted molar refractivity (Wildman–Crippen MR) is 60.1 cm³/mol. The van der Waals surface area contributed by atoms with Gasteiger partial charge in [-0.3, -0.25) is 14.6 Å². The quantitative estimate of drug-likeness (QED) is 0.670. The second-order valence-corrected chi connectivity index (χ2v) is 4.78. The number of Topliss-reactive ketones (excluding diaryl/α,β-unsaturated/α-hetero) is 1. The van der Waals surface area contributed by atoms with Crippen molar-refractivity contribution < 1.29 is 9.53 Å². The monoisotopic (exact) mass is 222 g/mol. The molecule has 16 heavy (non-hydrogen) atoms. The first kappa shape index (κ1) is 10.3. The molecule has 2 bridgehead atoms. The number of ether oxygens (including phenoxy) is 1. The van der Waals surface area contributed by atoms with Gasteiger partial charge < -0.3 is 4.74 Å². The molecule has 4 aliphatic rings. The van der Waals surface area contributed by atoms with Crippen LogP contribution in [0.1, 0.15) is 12.8 Å². The number of nitrogens with zero attached hydrogens (tertiary/aromatic N) is 2. The van der Waals surface area contributed by atoms with E-state index in [2.05, 4.69) is 9.80 Å². The number of rotatable bonds is 2. The standard InChI is InChI=1S/C12H18N2O2/c15-12(11-3-1-2-8-16-11)10-9-13-4-6-14(10)7-5-13/h3,10H,1-2,4-9H2. The smallest absolute Gasteiger partial charge is 0.215 e. The molecule has 0 aromatic heterocycles. The van der Waals surface area contributed by atoms with Gasteiger partial charge in [-0.25, -0.2) is 0 Å². The molecule has 4 aliphatic heterocycles. The molecule has 3 saturated heterocycles. The van der Waals surface area contributed by atoms with Gasteiger partial charge >= 0.3 is 0 Å². The highest BCUT2D eigenvalue weighted by atomic mass is 16.5. The van der Waals surface area contributed by atoms with Crippen LogP contribution in [-0.2, 0) is 9.53 Å². The van der Waals surface area contributed by atoms with Crippen LogP contribution < -0.4 is 0 Å². The fourth-order valence-electron chi connectivity index (χ4n) is 2.76. The van der Waals surface area contributed by atoms with Crippen molar-refractivity contribution >= 4 is 5.78 Å². The molecule has 0 radical (unpaired) electrons. The Hall–Kier alpha value is -0.870. The van der Waals surface area contributed by atoms with E-state index in [1.807, 2.05) is 6.08 Å². The molecule has 1 unspecified atom stereocenters. The Bertz CT molecular complexity index is 319. The first-order valence-electron chi connectivity index (χ1n) is 6.18. The molecule has 0 N–H and O–H groups in total. The molecule has 0 saturated carbocycles. The molecule has 0 amide bonds. The lowest BCUT2D eigenvalue weighted by atomic mass is 10.0. The van der Waals surface area contributed by atoms with Crippen LogP contribution in [0.3, 0.4) is 0 Å². The van der Waals surface area contributed by atoms with Gasteiger partial charge in [-0.2, -0.15) is 0 Å². The van der Waals surface area contributed by atoms with Crippen LogP contribution in [0.15, 0.2) is 11.8 Å². The van der Waals surface area contributed by atoms with E-state index in [9.17, 15) is 4.79 Å². The molecule has 88 valence electrons. The summed E-state index contributed by atoms with van der Waals surface area (Å²) in [5.41, 5.74) is 0. The van der Waals surface area contributed by atoms with Gasteiger partial charge in [0, 0.05) is 32.7 Å². The Morgan fingerprint density at radius 3 is 2.69 bits per heavy atom. The number of fused-ring (bicyclic) bond motifs is 3. The van der Waals surface area contributed by atoms with Crippen LogP contribution in [0.25, 0.3) is 0 Å². The Morgan fingerprint density at radius 2 is 2.12 bits per heavy atom. The molecule has 4 heteroatoms. The van der Waals surface area contributed by atoms with E-state index in [-0.39, 0.29) is 11.8 Å². The lowest BCUT2D eigenvalue weighted by Gasteiger charge is -2.46. The molecular weight excluding hydrogens is 204 g/mol. The molecule has 0 aromatic carbocycles. The molecule has 1 atom stereocenters. The molecular formula is C12H18N2O2. The third-order valence-corrected chi connectivity index (χ3v) is 3.76. The molecule has 4 heterocycles. The maximum atomic E-state index is 12.3. The zero-order chi connectivity index (χ0) is 11.0. The van der Waals surface area contributed by atoms with Crippen LogP contribution in [0.2, 0.25) is 0 Å². The van der Waals surface area contributed by atoms with Gasteiger partial charge in [0.1, 0.15) is 0 Å². The third-order valence-electron chi connectivity index (χ3n) is 3.76. The highest BCUT2D eigenvalue weighted by Crippen LogP contribution is 2.21. The van der Waals surface area contributed by atoms with Crippen molar-refractivity contribution in [2.24, 2.45) is 0 Å². The van der Waals surface area contributed by atoms with Gasteiger partial charge in [0.2, 0.25) is 5.78 Å². The van der Waals surface area contributed by atoms with E-state index in [0.717, 1.165) is 45.6 Å². The van der Waals surface area contributed by atoms with Crippen molar-refractivity contribution in [3.05, 3.63) is 11.8 Å². The van der Waals surface area contributed by atoms with Gasteiger partial charge in [0.05, 0.1) is 12.6 Å². The predicted octanol–water partition coefficient (Wildman–Crippen LogP) is 0.250. The van der Waals surface area contributed by atoms with E-state index in [1.165, 1.54) is 0 Å². The lowest BCUT2D eigenvalue weighted by Crippen LogP contribution is -2.63. The van der Waals surface area contributed by atoms with E-state index in [1.54, 1.807) is 0 Å². The van der Waals surface area contributed by atoms with Gasteiger partial charge in [0.15, 0.2) is 5.76 Å². The molecule has 0 aromatic rings. The van der Waals surface area contributed by atoms with Crippen LogP contribution in [-0.4, -0.2) is 61.0 Å². The number of hydrogen-bond donors (Lipinski definition) is 0. The van der Waals surface area contributed by atoms with Crippen LogP contribution in [0.5, 0.6) is 0 Å². The summed E-state index contributed by atoms with van der Waals surface area (Å²) in [6, 6.07) is 0.0480. The fourth-order valence-corrected chi connectivity index (χ4v) is 2.76. The topological polar surface area (TPSA) is 32.8 Å². The first-order valence-corrected chi connectivity index (χ1v) is 6.18. The maximum Gasteiger partial charge on any atom is 0.215 e. The zero-order valence-electron chi connectivity index (χ0n) is 9.52. The van der Waals surface area contributed by atoms with E-state index < -0.39 is 0 Å². The average molecular weight is 222 g/mol. The summed E-state index contributed by atoms with van der Waals surface area (Å²) >= 11 is 0. The Balaban J connectivity index is 1.72. The van der Waals surface area contributed by atoms with Gasteiger partial charge in [-0.1, -0.05) is 0 Å². The molecule has 3 fully saturated rings. The lowest BCUT2D eigenvalue weighted by molar-refractivity contribution is -0.129. The van der Waals surface area contributed by atoms with Crippen molar-refractivity contribution in [1.29, 1.82) is 0 Å². The second kappa shape index (κ2) is 4.18. The Labute approximate surface area is 95.8 Å². The number of piperazine rings is 3. The summed E-state index contributed by atoms with van der Waals surface area (Å²) in [5.74, 6) is 0.814. The number of allylic oxidation sites excluding steroid dienone is 1. The van der Waals surface area contributed by atoms with E-state index >= 15 is 0 Å². The average Bonchev–Trinajstić information content (AvgIpc) is 2.40. The number of ketones is 1. The largest absolute Gasteiger partial charge is 0.490 e. The summed E-state index contributed by atoms with van der Waals surface area (Å²) in [6.45, 7) is 5.88. The van der Waals surface area contributed by atoms with Crippen LogP contribution >= 0.6 is 0 Å². The van der Waals surface area contributed by atoms with Gasteiger partial charge in [0.25, 0.3) is 0 Å². The maximum absolute atomic E-state index is 12.3. The summed E-state index contributed by atoms with van der Waals surface area (Å²) in [7, 11) is 0. The third kappa shape index (κ3) is 1.76. The van der Waals surface area contributed by atoms with Crippen molar-refractivity contribution in [3.8, 4) is 0 Å². The minimum atomic E-state index is 0.0480. The molecule has 4 nitrogen and oxygen atoms in total. The summed E-state index contributed by atoms with van der Waals surface area (Å²) in [6.07, 6.45) is 3.99. The number of hydrogen-bond acceptors (Lipinski definition) is 4. The Morgan fingerprint density at radius 1 is 1.31 bits per heavy atom. The molecule has 4 rings (SSSR count). The minimum absolute atomic E-state index is 0.0480. The fraction of sp³-hybridized carbons (Fsp3) is 0.750. The normalized spacial score (nSPS) is 37.8. The Kier molecular flexibility index (Phi) is 2.69. The van der Waals surface area contributed by atoms with Crippen LogP contribution in [0.4, 0.5) is 0 Å². The van der Waals surface area contributed by atoms with Gasteiger partial charge in [-0.15, -0.1) is 0 Å². The zero-order valence-corrected chi connectivity index (χ0v) is 9.52. The number of carbonyl (C=O) groups is 1. The van der Waals surface area contributed by atoms with Crippen molar-refractivity contribution in [2.45, 2.75) is 18.9 Å². The van der Waals surface area contributed by atoms with Crippen molar-refractivity contribution in [2.75, 3.05) is 39.3 Å². The number of carbonyl (C=O) groups excluding carboxylic acids is 1. The van der Waals surface area contributed by atoms with E-state index in [0.29, 0.717) is 12.4 Å². The van der Waals surface area contributed by atoms with Crippen LogP contribution in [0, 0.1) is 0 Å². The van der Waals surface area contributed by atoms with Gasteiger partial charge in [-0.05, 0) is 18.9 Å².